The first kappa shape index (κ1) is 15.4. The number of hydrogen-bond donors (Lipinski definition) is 0. The van der Waals surface area contributed by atoms with Crippen LogP contribution in [0.15, 0.2) is 36.9 Å². The van der Waals surface area contributed by atoms with Gasteiger partial charge in [-0.3, -0.25) is 4.79 Å². The van der Waals surface area contributed by atoms with Gasteiger partial charge in [0.25, 0.3) is 5.91 Å². The Kier molecular flexibility index (Phi) is 4.50. The third-order valence-corrected chi connectivity index (χ3v) is 4.24. The van der Waals surface area contributed by atoms with E-state index in [0.29, 0.717) is 11.5 Å². The molecule has 1 saturated heterocycles. The van der Waals surface area contributed by atoms with Crippen molar-refractivity contribution >= 4 is 11.7 Å². The molecule has 1 aliphatic rings. The van der Waals surface area contributed by atoms with Crippen LogP contribution in [0.5, 0.6) is 0 Å². The minimum atomic E-state index is -0.00831. The minimum Gasteiger partial charge on any atom is -0.356 e. The number of rotatable bonds is 3. The fourth-order valence-corrected chi connectivity index (χ4v) is 2.99. The van der Waals surface area contributed by atoms with Gasteiger partial charge in [-0.1, -0.05) is 0 Å². The second-order valence-electron chi connectivity index (χ2n) is 5.97. The lowest BCUT2D eigenvalue weighted by molar-refractivity contribution is 0.0827. The molecular weight excluding hydrogens is 290 g/mol. The molecule has 6 heteroatoms. The van der Waals surface area contributed by atoms with Crippen molar-refractivity contribution in [1.29, 1.82) is 0 Å². The third kappa shape index (κ3) is 3.31. The van der Waals surface area contributed by atoms with Crippen LogP contribution in [-0.4, -0.2) is 52.9 Å². The summed E-state index contributed by atoms with van der Waals surface area (Å²) in [5, 5.41) is 0. The molecule has 0 spiro atoms. The lowest BCUT2D eigenvalue weighted by atomic mass is 9.93. The van der Waals surface area contributed by atoms with E-state index in [9.17, 15) is 4.79 Å². The van der Waals surface area contributed by atoms with Gasteiger partial charge in [0.2, 0.25) is 0 Å². The minimum absolute atomic E-state index is 0.00831. The summed E-state index contributed by atoms with van der Waals surface area (Å²) >= 11 is 0. The molecule has 2 aromatic rings. The maximum atomic E-state index is 12.3. The van der Waals surface area contributed by atoms with Gasteiger partial charge in [0.15, 0.2) is 0 Å². The predicted octanol–water partition coefficient (Wildman–Crippen LogP) is 1.96. The molecule has 3 rings (SSSR count). The summed E-state index contributed by atoms with van der Waals surface area (Å²) in [6, 6.07) is 5.65. The molecule has 23 heavy (non-hydrogen) atoms. The summed E-state index contributed by atoms with van der Waals surface area (Å²) in [5.41, 5.74) is 1.77. The normalized spacial score (nSPS) is 15.5. The molecule has 0 aromatic carbocycles. The lowest BCUT2D eigenvalue weighted by Crippen LogP contribution is -2.35. The molecule has 0 unspecified atom stereocenters. The zero-order valence-electron chi connectivity index (χ0n) is 13.5. The smallest absolute Gasteiger partial charge is 0.257 e. The number of nitrogens with zero attached hydrogens (tertiary/aromatic N) is 5. The number of anilines is 1. The highest BCUT2D eigenvalue weighted by molar-refractivity contribution is 5.98. The SMILES string of the molecule is CN(C)C(=O)c1cccnc1N1CCC(c2ccncn2)CC1. The van der Waals surface area contributed by atoms with E-state index in [1.165, 1.54) is 0 Å². The first-order chi connectivity index (χ1) is 11.2. The molecule has 6 nitrogen and oxygen atoms in total. The maximum absolute atomic E-state index is 12.3. The third-order valence-electron chi connectivity index (χ3n) is 4.24. The van der Waals surface area contributed by atoms with E-state index < -0.39 is 0 Å². The van der Waals surface area contributed by atoms with Crippen LogP contribution in [0.1, 0.15) is 34.8 Å². The summed E-state index contributed by atoms with van der Waals surface area (Å²) in [7, 11) is 3.53. The highest BCUT2D eigenvalue weighted by atomic mass is 16.2. The molecule has 0 atom stereocenters. The number of hydrogen-bond acceptors (Lipinski definition) is 5. The topological polar surface area (TPSA) is 62.2 Å². The standard InChI is InChI=1S/C17H21N5O/c1-21(2)17(23)14-4-3-8-19-16(14)22-10-6-13(7-11-22)15-5-9-18-12-20-15/h3-5,8-9,12-13H,6-7,10-11H2,1-2H3. The molecular formula is C17H21N5O. The van der Waals surface area contributed by atoms with Crippen molar-refractivity contribution in [3.05, 3.63) is 48.2 Å². The van der Waals surface area contributed by atoms with Crippen molar-refractivity contribution in [2.45, 2.75) is 18.8 Å². The van der Waals surface area contributed by atoms with E-state index in [2.05, 4.69) is 19.9 Å². The molecule has 1 fully saturated rings. The van der Waals surface area contributed by atoms with E-state index in [0.717, 1.165) is 37.4 Å². The summed E-state index contributed by atoms with van der Waals surface area (Å²) in [6.45, 7) is 1.75. The maximum Gasteiger partial charge on any atom is 0.257 e. The van der Waals surface area contributed by atoms with Crippen LogP contribution in [0.3, 0.4) is 0 Å². The van der Waals surface area contributed by atoms with Crippen molar-refractivity contribution in [3.8, 4) is 0 Å². The van der Waals surface area contributed by atoms with Crippen LogP contribution in [-0.2, 0) is 0 Å². The Morgan fingerprint density at radius 2 is 1.96 bits per heavy atom. The number of carbonyl (C=O) groups is 1. The van der Waals surface area contributed by atoms with Gasteiger partial charge in [0.05, 0.1) is 5.56 Å². The Morgan fingerprint density at radius 1 is 1.17 bits per heavy atom. The zero-order chi connectivity index (χ0) is 16.2. The van der Waals surface area contributed by atoms with Gasteiger partial charge >= 0.3 is 0 Å². The van der Waals surface area contributed by atoms with Crippen molar-refractivity contribution in [2.24, 2.45) is 0 Å². The number of pyridine rings is 1. The fourth-order valence-electron chi connectivity index (χ4n) is 2.99. The Balaban J connectivity index is 1.74. The van der Waals surface area contributed by atoms with Crippen LogP contribution in [0, 0.1) is 0 Å². The van der Waals surface area contributed by atoms with Crippen molar-refractivity contribution in [1.82, 2.24) is 19.9 Å². The Morgan fingerprint density at radius 3 is 2.61 bits per heavy atom. The van der Waals surface area contributed by atoms with Gasteiger partial charge in [0.1, 0.15) is 12.1 Å². The number of piperidine rings is 1. The quantitative estimate of drug-likeness (QED) is 0.867. The van der Waals surface area contributed by atoms with Gasteiger partial charge in [0, 0.05) is 51.2 Å². The second-order valence-corrected chi connectivity index (χ2v) is 5.97. The largest absolute Gasteiger partial charge is 0.356 e. The first-order valence-electron chi connectivity index (χ1n) is 7.84. The highest BCUT2D eigenvalue weighted by Crippen LogP contribution is 2.29. The number of amides is 1. The average molecular weight is 311 g/mol. The van der Waals surface area contributed by atoms with Crippen molar-refractivity contribution in [2.75, 3.05) is 32.1 Å². The van der Waals surface area contributed by atoms with E-state index >= 15 is 0 Å². The molecule has 120 valence electrons. The number of aromatic nitrogens is 3. The van der Waals surface area contributed by atoms with E-state index in [1.54, 1.807) is 37.7 Å². The molecule has 0 saturated carbocycles. The van der Waals surface area contributed by atoms with Gasteiger partial charge in [-0.2, -0.15) is 0 Å². The molecule has 1 aliphatic heterocycles. The van der Waals surface area contributed by atoms with Gasteiger partial charge < -0.3 is 9.80 Å². The van der Waals surface area contributed by atoms with Gasteiger partial charge in [-0.25, -0.2) is 15.0 Å². The van der Waals surface area contributed by atoms with Crippen LogP contribution >= 0.6 is 0 Å². The Hall–Kier alpha value is -2.50. The van der Waals surface area contributed by atoms with Crippen LogP contribution in [0.25, 0.3) is 0 Å². The van der Waals surface area contributed by atoms with Crippen molar-refractivity contribution in [3.63, 3.8) is 0 Å². The lowest BCUT2D eigenvalue weighted by Gasteiger charge is -2.33. The predicted molar refractivity (Wildman–Crippen MR) is 88.5 cm³/mol. The summed E-state index contributed by atoms with van der Waals surface area (Å²) in [4.78, 5) is 28.9. The highest BCUT2D eigenvalue weighted by Gasteiger charge is 2.25. The van der Waals surface area contributed by atoms with Crippen LogP contribution < -0.4 is 4.90 Å². The molecule has 0 bridgehead atoms. The van der Waals surface area contributed by atoms with E-state index in [-0.39, 0.29) is 5.91 Å². The van der Waals surface area contributed by atoms with E-state index in [4.69, 9.17) is 0 Å². The Bertz CT molecular complexity index is 666. The summed E-state index contributed by atoms with van der Waals surface area (Å²) in [5.74, 6) is 1.23. The summed E-state index contributed by atoms with van der Waals surface area (Å²) < 4.78 is 0. The fraction of sp³-hybridized carbons (Fsp3) is 0.412. The van der Waals surface area contributed by atoms with Crippen molar-refractivity contribution < 1.29 is 4.79 Å². The monoisotopic (exact) mass is 311 g/mol. The Labute approximate surface area is 136 Å². The molecule has 0 aliphatic carbocycles. The van der Waals surface area contributed by atoms with Crippen LogP contribution in [0.4, 0.5) is 5.82 Å². The second kappa shape index (κ2) is 6.73. The molecule has 0 radical (unpaired) electrons. The summed E-state index contributed by atoms with van der Waals surface area (Å²) in [6.07, 6.45) is 7.15. The van der Waals surface area contributed by atoms with Crippen LogP contribution in [0.2, 0.25) is 0 Å². The molecule has 1 amide bonds. The van der Waals surface area contributed by atoms with Gasteiger partial charge in [-0.15, -0.1) is 0 Å². The zero-order valence-corrected chi connectivity index (χ0v) is 13.5. The average Bonchev–Trinajstić information content (AvgIpc) is 2.62. The molecule has 0 N–H and O–H groups in total. The first-order valence-corrected chi connectivity index (χ1v) is 7.84. The molecule has 2 aromatic heterocycles. The molecule has 3 heterocycles. The van der Waals surface area contributed by atoms with E-state index in [1.807, 2.05) is 18.2 Å². The number of carbonyl (C=O) groups excluding carboxylic acids is 1. The van der Waals surface area contributed by atoms with Gasteiger partial charge in [-0.05, 0) is 31.0 Å².